The number of fused-ring (bicyclic) bond motifs is 1. The molecular formula is C29H28F2N2O3. The molecule has 1 aliphatic rings. The summed E-state index contributed by atoms with van der Waals surface area (Å²) in [6.07, 6.45) is 2.90. The van der Waals surface area contributed by atoms with Crippen molar-refractivity contribution in [2.75, 3.05) is 0 Å². The van der Waals surface area contributed by atoms with Gasteiger partial charge in [-0.25, -0.2) is 8.78 Å². The van der Waals surface area contributed by atoms with Gasteiger partial charge in [-0.05, 0) is 69.4 Å². The first kappa shape index (κ1) is 24.0. The molecule has 1 aliphatic carbocycles. The molecule has 4 aromatic rings. The molecule has 0 aliphatic heterocycles. The van der Waals surface area contributed by atoms with Gasteiger partial charge in [0.1, 0.15) is 23.2 Å². The first-order chi connectivity index (χ1) is 17.2. The maximum atomic E-state index is 15.0. The second-order valence-electron chi connectivity index (χ2n) is 9.65. The fourth-order valence-electron chi connectivity index (χ4n) is 5.21. The summed E-state index contributed by atoms with van der Waals surface area (Å²) in [7, 11) is 0. The fraction of sp³-hybridized carbons (Fsp3) is 0.310. The quantitative estimate of drug-likeness (QED) is 0.354. The lowest BCUT2D eigenvalue weighted by Gasteiger charge is -2.35. The van der Waals surface area contributed by atoms with Gasteiger partial charge in [0.15, 0.2) is 0 Å². The minimum Gasteiger partial charge on any atom is -0.466 e. The Balaban J connectivity index is 1.63. The Bertz CT molecular complexity index is 1530. The molecule has 7 heteroatoms. The smallest absolute Gasteiger partial charge is 0.261 e. The van der Waals surface area contributed by atoms with Crippen molar-refractivity contribution in [3.8, 4) is 0 Å². The van der Waals surface area contributed by atoms with Crippen LogP contribution in [0.3, 0.4) is 0 Å². The van der Waals surface area contributed by atoms with Crippen molar-refractivity contribution in [1.29, 1.82) is 0 Å². The molecule has 2 aromatic heterocycles. The standard InChI is InChI=1S/C29H28F2N2O3/c1-16-13-21(18(3)36-16)15-33-17(2)25(23-11-6-12-24(31)26(23)29(33)35)28(34)32-27(19-7-4-8-19)20-9-5-10-22(30)14-20/h5-6,9-14,19,27H,4,7-8,15H2,1-3H3,(H,32,34)/t27-/m0/s1. The van der Waals surface area contributed by atoms with E-state index < -0.39 is 17.3 Å². The van der Waals surface area contributed by atoms with E-state index in [9.17, 15) is 18.4 Å². The van der Waals surface area contributed by atoms with Crippen LogP contribution in [0, 0.1) is 38.3 Å². The number of rotatable bonds is 6. The van der Waals surface area contributed by atoms with Crippen LogP contribution >= 0.6 is 0 Å². The zero-order valence-corrected chi connectivity index (χ0v) is 20.5. The topological polar surface area (TPSA) is 64.2 Å². The molecule has 0 bridgehead atoms. The fourth-order valence-corrected chi connectivity index (χ4v) is 5.21. The lowest BCUT2D eigenvalue weighted by atomic mass is 9.77. The minimum absolute atomic E-state index is 0.128. The average molecular weight is 491 g/mol. The molecule has 5 nitrogen and oxygen atoms in total. The number of aryl methyl sites for hydroxylation is 2. The first-order valence-corrected chi connectivity index (χ1v) is 12.2. The molecule has 0 unspecified atom stereocenters. The van der Waals surface area contributed by atoms with Crippen molar-refractivity contribution >= 4 is 16.7 Å². The summed E-state index contributed by atoms with van der Waals surface area (Å²) in [5, 5.41) is 3.23. The van der Waals surface area contributed by atoms with Crippen molar-refractivity contribution in [2.24, 2.45) is 5.92 Å². The van der Waals surface area contributed by atoms with E-state index in [4.69, 9.17) is 4.42 Å². The van der Waals surface area contributed by atoms with Crippen molar-refractivity contribution in [3.05, 3.63) is 104 Å². The number of furan rings is 1. The Morgan fingerprint density at radius 3 is 2.50 bits per heavy atom. The van der Waals surface area contributed by atoms with Crippen LogP contribution in [-0.2, 0) is 6.54 Å². The molecule has 1 N–H and O–H groups in total. The highest BCUT2D eigenvalue weighted by molar-refractivity contribution is 6.08. The number of hydrogen-bond acceptors (Lipinski definition) is 3. The van der Waals surface area contributed by atoms with Crippen LogP contribution in [0.15, 0.2) is 57.7 Å². The Morgan fingerprint density at radius 2 is 1.86 bits per heavy atom. The van der Waals surface area contributed by atoms with Crippen LogP contribution in [0.25, 0.3) is 10.8 Å². The highest BCUT2D eigenvalue weighted by Crippen LogP contribution is 2.38. The van der Waals surface area contributed by atoms with Gasteiger partial charge in [-0.1, -0.05) is 30.7 Å². The second kappa shape index (κ2) is 9.37. The SMILES string of the molecule is Cc1cc(Cn2c(C)c(C(=O)N[C@H](c3cccc(F)c3)C3CCC3)c3cccc(F)c3c2=O)c(C)o1. The normalized spacial score (nSPS) is 14.6. The maximum Gasteiger partial charge on any atom is 0.261 e. The van der Waals surface area contributed by atoms with Gasteiger partial charge in [-0.15, -0.1) is 0 Å². The molecular weight excluding hydrogens is 462 g/mol. The maximum absolute atomic E-state index is 15.0. The predicted octanol–water partition coefficient (Wildman–Crippen LogP) is 6.12. The van der Waals surface area contributed by atoms with E-state index in [1.165, 1.54) is 28.8 Å². The van der Waals surface area contributed by atoms with E-state index in [2.05, 4.69) is 5.32 Å². The summed E-state index contributed by atoms with van der Waals surface area (Å²) in [4.78, 5) is 27.3. The summed E-state index contributed by atoms with van der Waals surface area (Å²) in [6.45, 7) is 5.47. The van der Waals surface area contributed by atoms with Gasteiger partial charge in [0.25, 0.3) is 11.5 Å². The Kier molecular flexibility index (Phi) is 6.24. The Labute approximate surface area is 207 Å². The lowest BCUT2D eigenvalue weighted by molar-refractivity contribution is 0.0900. The van der Waals surface area contributed by atoms with Crippen LogP contribution in [0.5, 0.6) is 0 Å². The van der Waals surface area contributed by atoms with Crippen LogP contribution in [-0.4, -0.2) is 10.5 Å². The lowest BCUT2D eigenvalue weighted by Crippen LogP contribution is -2.38. The first-order valence-electron chi connectivity index (χ1n) is 12.2. The Hall–Kier alpha value is -3.74. The number of benzene rings is 2. The second-order valence-corrected chi connectivity index (χ2v) is 9.65. The molecule has 36 heavy (non-hydrogen) atoms. The van der Waals surface area contributed by atoms with Gasteiger partial charge < -0.3 is 14.3 Å². The van der Waals surface area contributed by atoms with Gasteiger partial charge in [-0.3, -0.25) is 9.59 Å². The van der Waals surface area contributed by atoms with E-state index in [0.29, 0.717) is 22.8 Å². The molecule has 1 atom stereocenters. The van der Waals surface area contributed by atoms with E-state index in [1.807, 2.05) is 19.1 Å². The molecule has 186 valence electrons. The summed E-state index contributed by atoms with van der Waals surface area (Å²) >= 11 is 0. The monoisotopic (exact) mass is 490 g/mol. The van der Waals surface area contributed by atoms with Gasteiger partial charge in [0, 0.05) is 16.6 Å². The number of pyridine rings is 1. The Morgan fingerprint density at radius 1 is 1.11 bits per heavy atom. The number of nitrogens with one attached hydrogen (secondary N) is 1. The van der Waals surface area contributed by atoms with Gasteiger partial charge in [0.05, 0.1) is 23.5 Å². The van der Waals surface area contributed by atoms with Crippen molar-refractivity contribution in [1.82, 2.24) is 9.88 Å². The molecule has 2 aromatic carbocycles. The predicted molar refractivity (Wildman–Crippen MR) is 134 cm³/mol. The molecule has 0 saturated heterocycles. The van der Waals surface area contributed by atoms with Crippen LogP contribution in [0.4, 0.5) is 8.78 Å². The number of carbonyl (C=O) groups is 1. The number of aromatic nitrogens is 1. The number of nitrogens with zero attached hydrogens (tertiary/aromatic N) is 1. The zero-order valence-electron chi connectivity index (χ0n) is 20.5. The van der Waals surface area contributed by atoms with Crippen molar-refractivity contribution in [2.45, 2.75) is 52.6 Å². The van der Waals surface area contributed by atoms with Gasteiger partial charge in [0.2, 0.25) is 0 Å². The van der Waals surface area contributed by atoms with E-state index in [1.54, 1.807) is 26.0 Å². The third kappa shape index (κ3) is 4.23. The van der Waals surface area contributed by atoms with Crippen molar-refractivity contribution in [3.63, 3.8) is 0 Å². The molecule has 1 fully saturated rings. The van der Waals surface area contributed by atoms with Crippen molar-refractivity contribution < 1.29 is 18.0 Å². The molecule has 1 saturated carbocycles. The third-order valence-electron chi connectivity index (χ3n) is 7.32. The summed E-state index contributed by atoms with van der Waals surface area (Å²) in [6, 6.07) is 12.0. The molecule has 1 amide bonds. The number of hydrogen-bond donors (Lipinski definition) is 1. The number of carbonyl (C=O) groups excluding carboxylic acids is 1. The summed E-state index contributed by atoms with van der Waals surface area (Å²) < 4.78 is 36.1. The number of amides is 1. The molecule has 5 rings (SSSR count). The number of halogens is 2. The van der Waals surface area contributed by atoms with Gasteiger partial charge >= 0.3 is 0 Å². The van der Waals surface area contributed by atoms with Crippen LogP contribution in [0.1, 0.15) is 64.0 Å². The highest BCUT2D eigenvalue weighted by Gasteiger charge is 2.32. The summed E-state index contributed by atoms with van der Waals surface area (Å²) in [5.41, 5.74) is 1.64. The third-order valence-corrected chi connectivity index (χ3v) is 7.32. The van der Waals surface area contributed by atoms with E-state index >= 15 is 0 Å². The van der Waals surface area contributed by atoms with Crippen LogP contribution in [0.2, 0.25) is 0 Å². The van der Waals surface area contributed by atoms with Gasteiger partial charge in [-0.2, -0.15) is 0 Å². The molecule has 0 radical (unpaired) electrons. The van der Waals surface area contributed by atoms with E-state index in [0.717, 1.165) is 24.8 Å². The molecule has 2 heterocycles. The zero-order chi connectivity index (χ0) is 25.6. The largest absolute Gasteiger partial charge is 0.466 e. The summed E-state index contributed by atoms with van der Waals surface area (Å²) in [5.74, 6) is 0.0842. The van der Waals surface area contributed by atoms with E-state index in [-0.39, 0.29) is 40.7 Å². The average Bonchev–Trinajstić information content (AvgIpc) is 3.11. The molecule has 0 spiro atoms. The van der Waals surface area contributed by atoms with Crippen LogP contribution < -0.4 is 10.9 Å². The minimum atomic E-state index is -0.680. The highest BCUT2D eigenvalue weighted by atomic mass is 19.1.